The van der Waals surface area contributed by atoms with Gasteiger partial charge in [0.15, 0.2) is 0 Å². The molecule has 0 saturated carbocycles. The van der Waals surface area contributed by atoms with Crippen molar-refractivity contribution in [1.29, 1.82) is 0 Å². The molecule has 2 heterocycles. The second-order valence-corrected chi connectivity index (χ2v) is 7.04. The van der Waals surface area contributed by atoms with E-state index in [0.717, 1.165) is 37.6 Å². The van der Waals surface area contributed by atoms with Crippen molar-refractivity contribution >= 4 is 17.5 Å². The van der Waals surface area contributed by atoms with E-state index in [1.54, 1.807) is 12.1 Å². The first-order chi connectivity index (χ1) is 13.1. The van der Waals surface area contributed by atoms with Gasteiger partial charge in [0.05, 0.1) is 18.2 Å². The first kappa shape index (κ1) is 17.8. The van der Waals surface area contributed by atoms with Crippen molar-refractivity contribution in [2.24, 2.45) is 0 Å². The lowest BCUT2D eigenvalue weighted by Gasteiger charge is -2.37. The summed E-state index contributed by atoms with van der Waals surface area (Å²) < 4.78 is 14.0. The molecule has 6 heteroatoms. The summed E-state index contributed by atoms with van der Waals surface area (Å²) in [4.78, 5) is 30.6. The van der Waals surface area contributed by atoms with E-state index in [9.17, 15) is 14.0 Å². The Labute approximate surface area is 158 Å². The summed E-state index contributed by atoms with van der Waals surface area (Å²) in [6.07, 6.45) is 0.117. The highest BCUT2D eigenvalue weighted by Gasteiger charge is 2.44. The average Bonchev–Trinajstić information content (AvgIpc) is 2.98. The molecule has 0 spiro atoms. The number of benzene rings is 2. The average molecular weight is 367 g/mol. The predicted octanol–water partition coefficient (Wildman–Crippen LogP) is 2.28. The van der Waals surface area contributed by atoms with Crippen LogP contribution < -0.4 is 4.90 Å². The molecule has 2 fully saturated rings. The van der Waals surface area contributed by atoms with Crippen molar-refractivity contribution < 1.29 is 14.0 Å². The maximum atomic E-state index is 14.0. The Kier molecular flexibility index (Phi) is 5.01. The van der Waals surface area contributed by atoms with E-state index in [-0.39, 0.29) is 23.9 Å². The van der Waals surface area contributed by atoms with Crippen molar-refractivity contribution in [3.63, 3.8) is 0 Å². The van der Waals surface area contributed by atoms with Crippen LogP contribution in [0.1, 0.15) is 12.0 Å². The number of halogens is 1. The van der Waals surface area contributed by atoms with Crippen LogP contribution in [0.15, 0.2) is 54.6 Å². The molecule has 140 valence electrons. The van der Waals surface area contributed by atoms with E-state index in [0.29, 0.717) is 0 Å². The molecule has 27 heavy (non-hydrogen) atoms. The molecule has 2 aromatic rings. The zero-order valence-corrected chi connectivity index (χ0v) is 15.1. The molecule has 0 unspecified atom stereocenters. The molecule has 4 rings (SSSR count). The maximum Gasteiger partial charge on any atom is 0.251 e. The van der Waals surface area contributed by atoms with Gasteiger partial charge in [-0.25, -0.2) is 9.29 Å². The predicted molar refractivity (Wildman–Crippen MR) is 101 cm³/mol. The van der Waals surface area contributed by atoms with Crippen LogP contribution in [0.25, 0.3) is 0 Å². The number of para-hydroxylation sites is 1. The molecule has 1 atom stereocenters. The van der Waals surface area contributed by atoms with E-state index in [1.165, 1.54) is 17.7 Å². The van der Waals surface area contributed by atoms with E-state index in [1.807, 2.05) is 18.2 Å². The Hall–Kier alpha value is -2.57. The number of imide groups is 1. The van der Waals surface area contributed by atoms with Crippen LogP contribution in [0.4, 0.5) is 10.1 Å². The third-order valence-corrected chi connectivity index (χ3v) is 5.31. The Morgan fingerprint density at radius 1 is 0.889 bits per heavy atom. The molecule has 2 saturated heterocycles. The van der Waals surface area contributed by atoms with Crippen LogP contribution in [0.2, 0.25) is 0 Å². The number of hydrogen-bond donors (Lipinski definition) is 0. The number of amides is 2. The van der Waals surface area contributed by atoms with Crippen molar-refractivity contribution in [3.8, 4) is 0 Å². The molecule has 2 aliphatic heterocycles. The number of carbonyl (C=O) groups excluding carboxylic acids is 2. The second-order valence-electron chi connectivity index (χ2n) is 7.04. The van der Waals surface area contributed by atoms with Gasteiger partial charge in [-0.2, -0.15) is 0 Å². The Bertz CT molecular complexity index is 834. The van der Waals surface area contributed by atoms with Gasteiger partial charge in [0, 0.05) is 32.7 Å². The number of nitrogens with zero attached hydrogens (tertiary/aromatic N) is 3. The SMILES string of the molecule is O=C1C[C@@H](N2CCN(Cc3ccccc3)CC2)C(=O)N1c1ccccc1F. The first-order valence-electron chi connectivity index (χ1n) is 9.25. The minimum absolute atomic E-state index is 0.0534. The topological polar surface area (TPSA) is 43.9 Å². The monoisotopic (exact) mass is 367 g/mol. The quantitative estimate of drug-likeness (QED) is 0.778. The van der Waals surface area contributed by atoms with Crippen LogP contribution in [-0.4, -0.2) is 53.8 Å². The standard InChI is InChI=1S/C21H22FN3O2/c22-17-8-4-5-9-18(17)25-20(26)14-19(21(25)27)24-12-10-23(11-13-24)15-16-6-2-1-3-7-16/h1-9,19H,10-15H2/t19-/m1/s1. The fraction of sp³-hybridized carbons (Fsp3) is 0.333. The van der Waals surface area contributed by atoms with Crippen LogP contribution in [0.3, 0.4) is 0 Å². The van der Waals surface area contributed by atoms with E-state index in [4.69, 9.17) is 0 Å². The highest BCUT2D eigenvalue weighted by atomic mass is 19.1. The van der Waals surface area contributed by atoms with Crippen molar-refractivity contribution in [1.82, 2.24) is 9.80 Å². The lowest BCUT2D eigenvalue weighted by Crippen LogP contribution is -2.52. The minimum Gasteiger partial charge on any atom is -0.297 e. The summed E-state index contributed by atoms with van der Waals surface area (Å²) in [6.45, 7) is 4.01. The lowest BCUT2D eigenvalue weighted by molar-refractivity contribution is -0.123. The van der Waals surface area contributed by atoms with Crippen molar-refractivity contribution in [3.05, 3.63) is 66.0 Å². The van der Waals surface area contributed by atoms with Crippen molar-refractivity contribution in [2.45, 2.75) is 19.0 Å². The first-order valence-corrected chi connectivity index (χ1v) is 9.25. The normalized spacial score (nSPS) is 21.8. The molecule has 0 radical (unpaired) electrons. The third-order valence-electron chi connectivity index (χ3n) is 5.31. The van der Waals surface area contributed by atoms with E-state index >= 15 is 0 Å². The van der Waals surface area contributed by atoms with Gasteiger partial charge in [0.2, 0.25) is 5.91 Å². The number of anilines is 1. The summed E-state index contributed by atoms with van der Waals surface area (Å²) in [5, 5.41) is 0. The fourth-order valence-corrected chi connectivity index (χ4v) is 3.86. The zero-order chi connectivity index (χ0) is 18.8. The number of hydrogen-bond acceptors (Lipinski definition) is 4. The largest absolute Gasteiger partial charge is 0.297 e. The number of carbonyl (C=O) groups is 2. The molecule has 0 N–H and O–H groups in total. The van der Waals surface area contributed by atoms with Crippen LogP contribution in [0, 0.1) is 5.82 Å². The Balaban J connectivity index is 1.40. The molecule has 0 bridgehead atoms. The van der Waals surface area contributed by atoms with Crippen LogP contribution in [0.5, 0.6) is 0 Å². The molecule has 2 aromatic carbocycles. The molecule has 2 amide bonds. The van der Waals surface area contributed by atoms with Gasteiger partial charge in [0.25, 0.3) is 5.91 Å². The van der Waals surface area contributed by atoms with Gasteiger partial charge in [-0.15, -0.1) is 0 Å². The van der Waals surface area contributed by atoms with Gasteiger partial charge in [-0.05, 0) is 17.7 Å². The molecule has 0 aliphatic carbocycles. The number of rotatable bonds is 4. The molecule has 0 aromatic heterocycles. The fourth-order valence-electron chi connectivity index (χ4n) is 3.86. The molecule has 2 aliphatic rings. The van der Waals surface area contributed by atoms with Gasteiger partial charge in [-0.1, -0.05) is 42.5 Å². The summed E-state index contributed by atoms with van der Waals surface area (Å²) in [5.41, 5.74) is 1.32. The van der Waals surface area contributed by atoms with Crippen molar-refractivity contribution in [2.75, 3.05) is 31.1 Å². The second kappa shape index (κ2) is 7.58. The van der Waals surface area contributed by atoms with Gasteiger partial charge < -0.3 is 0 Å². The van der Waals surface area contributed by atoms with Gasteiger partial charge in [-0.3, -0.25) is 19.4 Å². The molecular weight excluding hydrogens is 345 g/mol. The zero-order valence-electron chi connectivity index (χ0n) is 15.1. The molecule has 5 nitrogen and oxygen atoms in total. The number of piperazine rings is 1. The van der Waals surface area contributed by atoms with Gasteiger partial charge in [0.1, 0.15) is 5.82 Å². The highest BCUT2D eigenvalue weighted by molar-refractivity contribution is 6.22. The van der Waals surface area contributed by atoms with Crippen LogP contribution in [-0.2, 0) is 16.1 Å². The summed E-state index contributed by atoms with van der Waals surface area (Å²) in [6, 6.07) is 15.7. The lowest BCUT2D eigenvalue weighted by atomic mass is 10.1. The Morgan fingerprint density at radius 2 is 1.56 bits per heavy atom. The summed E-state index contributed by atoms with van der Waals surface area (Å²) >= 11 is 0. The summed E-state index contributed by atoms with van der Waals surface area (Å²) in [7, 11) is 0. The highest BCUT2D eigenvalue weighted by Crippen LogP contribution is 2.28. The Morgan fingerprint density at radius 3 is 2.26 bits per heavy atom. The third kappa shape index (κ3) is 3.63. The minimum atomic E-state index is -0.549. The summed E-state index contributed by atoms with van der Waals surface area (Å²) in [5.74, 6) is -1.20. The molecular formula is C21H22FN3O2. The smallest absolute Gasteiger partial charge is 0.251 e. The van der Waals surface area contributed by atoms with Gasteiger partial charge >= 0.3 is 0 Å². The van der Waals surface area contributed by atoms with E-state index < -0.39 is 11.9 Å². The van der Waals surface area contributed by atoms with Crippen LogP contribution >= 0.6 is 0 Å². The maximum absolute atomic E-state index is 14.0. The van der Waals surface area contributed by atoms with E-state index in [2.05, 4.69) is 21.9 Å².